The molecule has 0 aromatic rings. The predicted octanol–water partition coefficient (Wildman–Crippen LogP) is -1.23. The van der Waals surface area contributed by atoms with Crippen LogP contribution in [0.4, 0.5) is 0 Å². The second-order valence-electron chi connectivity index (χ2n) is 2.62. The highest BCUT2D eigenvalue weighted by Crippen LogP contribution is 2.01. The van der Waals surface area contributed by atoms with E-state index in [2.05, 4.69) is 10.9 Å². The van der Waals surface area contributed by atoms with E-state index in [1.165, 1.54) is 6.08 Å². The van der Waals surface area contributed by atoms with Gasteiger partial charge in [-0.05, 0) is 6.92 Å². The van der Waals surface area contributed by atoms with Crippen LogP contribution in [0, 0.1) is 0 Å². The lowest BCUT2D eigenvalue weighted by molar-refractivity contribution is -0.125. The Bertz CT molecular complexity index is 215. The SMILES string of the molecule is CCN(C)C1=CC(=O)C(O)NN1. The van der Waals surface area contributed by atoms with Crippen LogP contribution in [-0.2, 0) is 4.79 Å². The van der Waals surface area contributed by atoms with Gasteiger partial charge in [0.05, 0.1) is 0 Å². The average Bonchev–Trinajstić information content (AvgIpc) is 2.08. The maximum absolute atomic E-state index is 11.0. The van der Waals surface area contributed by atoms with E-state index in [0.717, 1.165) is 6.54 Å². The number of hydrazine groups is 1. The molecule has 0 aromatic heterocycles. The van der Waals surface area contributed by atoms with Gasteiger partial charge in [-0.1, -0.05) is 0 Å². The van der Waals surface area contributed by atoms with E-state index in [9.17, 15) is 4.79 Å². The van der Waals surface area contributed by atoms with Crippen molar-refractivity contribution in [1.82, 2.24) is 15.8 Å². The van der Waals surface area contributed by atoms with Gasteiger partial charge in [0.2, 0.25) is 5.78 Å². The van der Waals surface area contributed by atoms with Gasteiger partial charge in [0, 0.05) is 19.7 Å². The summed E-state index contributed by atoms with van der Waals surface area (Å²) in [5, 5.41) is 8.96. The molecular weight excluding hydrogens is 158 g/mol. The third kappa shape index (κ3) is 1.75. The van der Waals surface area contributed by atoms with Gasteiger partial charge in [-0.2, -0.15) is 0 Å². The molecule has 3 N–H and O–H groups in total. The molecule has 1 atom stereocenters. The summed E-state index contributed by atoms with van der Waals surface area (Å²) >= 11 is 0. The van der Waals surface area contributed by atoms with Crippen molar-refractivity contribution in [1.29, 1.82) is 0 Å². The minimum Gasteiger partial charge on any atom is -0.370 e. The molecule has 0 saturated carbocycles. The number of aliphatic hydroxyl groups excluding tert-OH is 1. The summed E-state index contributed by atoms with van der Waals surface area (Å²) in [6.45, 7) is 2.77. The maximum Gasteiger partial charge on any atom is 0.204 e. The van der Waals surface area contributed by atoms with Crippen molar-refractivity contribution in [3.63, 3.8) is 0 Å². The molecule has 0 bridgehead atoms. The number of rotatable bonds is 2. The third-order valence-corrected chi connectivity index (χ3v) is 1.77. The number of hydrogen-bond donors (Lipinski definition) is 3. The number of carbonyl (C=O) groups excluding carboxylic acids is 1. The lowest BCUT2D eigenvalue weighted by atomic mass is 10.3. The third-order valence-electron chi connectivity index (χ3n) is 1.77. The van der Waals surface area contributed by atoms with E-state index in [4.69, 9.17) is 5.11 Å². The van der Waals surface area contributed by atoms with Gasteiger partial charge < -0.3 is 15.4 Å². The Hall–Kier alpha value is -1.07. The quantitative estimate of drug-likeness (QED) is 0.486. The van der Waals surface area contributed by atoms with Crippen molar-refractivity contribution in [2.24, 2.45) is 0 Å². The Morgan fingerprint density at radius 3 is 2.92 bits per heavy atom. The number of carbonyl (C=O) groups is 1. The fourth-order valence-electron chi connectivity index (χ4n) is 0.839. The highest BCUT2D eigenvalue weighted by Gasteiger charge is 2.19. The van der Waals surface area contributed by atoms with Gasteiger partial charge in [-0.3, -0.25) is 4.79 Å². The second-order valence-corrected chi connectivity index (χ2v) is 2.62. The zero-order valence-corrected chi connectivity index (χ0v) is 7.16. The molecular formula is C7H13N3O2. The molecule has 1 heterocycles. The molecule has 68 valence electrons. The van der Waals surface area contributed by atoms with E-state index < -0.39 is 6.23 Å². The van der Waals surface area contributed by atoms with Crippen LogP contribution in [0.25, 0.3) is 0 Å². The molecule has 12 heavy (non-hydrogen) atoms. The van der Waals surface area contributed by atoms with Crippen LogP contribution in [0.5, 0.6) is 0 Å². The smallest absolute Gasteiger partial charge is 0.204 e. The molecule has 1 aliphatic rings. The van der Waals surface area contributed by atoms with Crippen LogP contribution in [0.2, 0.25) is 0 Å². The van der Waals surface area contributed by atoms with Crippen molar-refractivity contribution >= 4 is 5.78 Å². The van der Waals surface area contributed by atoms with Gasteiger partial charge >= 0.3 is 0 Å². The normalized spacial score (nSPS) is 23.1. The van der Waals surface area contributed by atoms with Gasteiger partial charge in [0.1, 0.15) is 5.82 Å². The highest BCUT2D eigenvalue weighted by atomic mass is 16.3. The highest BCUT2D eigenvalue weighted by molar-refractivity contribution is 5.94. The van der Waals surface area contributed by atoms with Gasteiger partial charge in [-0.15, -0.1) is 0 Å². The number of ketones is 1. The maximum atomic E-state index is 11.0. The largest absolute Gasteiger partial charge is 0.370 e. The molecule has 0 amide bonds. The molecule has 1 rings (SSSR count). The molecule has 0 spiro atoms. The van der Waals surface area contributed by atoms with Crippen molar-refractivity contribution < 1.29 is 9.90 Å². The zero-order valence-electron chi connectivity index (χ0n) is 7.16. The Morgan fingerprint density at radius 2 is 2.42 bits per heavy atom. The summed E-state index contributed by atoms with van der Waals surface area (Å²) in [5.74, 6) is 0.344. The van der Waals surface area contributed by atoms with Crippen LogP contribution < -0.4 is 10.9 Å². The van der Waals surface area contributed by atoms with Crippen LogP contribution in [-0.4, -0.2) is 35.6 Å². The Labute approximate surface area is 71.0 Å². The molecule has 0 radical (unpaired) electrons. The predicted molar refractivity (Wildman–Crippen MR) is 43.7 cm³/mol. The molecule has 5 heteroatoms. The topological polar surface area (TPSA) is 64.6 Å². The lowest BCUT2D eigenvalue weighted by Gasteiger charge is -2.26. The van der Waals surface area contributed by atoms with E-state index >= 15 is 0 Å². The second kappa shape index (κ2) is 3.55. The number of nitrogens with zero attached hydrogens (tertiary/aromatic N) is 1. The monoisotopic (exact) mass is 171 g/mol. The van der Waals surface area contributed by atoms with Crippen LogP contribution in [0.3, 0.4) is 0 Å². The standard InChI is InChI=1S/C7H13N3O2/c1-3-10(2)6-4-5(11)7(12)9-8-6/h4,7-9,12H,3H2,1-2H3. The Morgan fingerprint density at radius 1 is 1.75 bits per heavy atom. The van der Waals surface area contributed by atoms with Gasteiger partial charge in [-0.25, -0.2) is 5.43 Å². The molecule has 0 aliphatic carbocycles. The van der Waals surface area contributed by atoms with Gasteiger partial charge in [0.25, 0.3) is 0 Å². The summed E-state index contributed by atoms with van der Waals surface area (Å²) in [4.78, 5) is 12.8. The first-order chi connectivity index (χ1) is 5.65. The van der Waals surface area contributed by atoms with Crippen LogP contribution in [0.1, 0.15) is 6.92 Å². The van der Waals surface area contributed by atoms with Crippen molar-refractivity contribution in [2.45, 2.75) is 13.2 Å². The molecule has 0 saturated heterocycles. The number of aliphatic hydroxyl groups is 1. The summed E-state index contributed by atoms with van der Waals surface area (Å²) in [6, 6.07) is 0. The Kier molecular flexibility index (Phi) is 2.67. The van der Waals surface area contributed by atoms with E-state index in [0.29, 0.717) is 5.82 Å². The van der Waals surface area contributed by atoms with Crippen LogP contribution in [0.15, 0.2) is 11.9 Å². The minimum absolute atomic E-state index is 0.330. The molecule has 0 fully saturated rings. The first-order valence-corrected chi connectivity index (χ1v) is 3.81. The fraction of sp³-hybridized carbons (Fsp3) is 0.571. The van der Waals surface area contributed by atoms with Crippen molar-refractivity contribution in [3.8, 4) is 0 Å². The van der Waals surface area contributed by atoms with Crippen molar-refractivity contribution in [3.05, 3.63) is 11.9 Å². The first-order valence-electron chi connectivity index (χ1n) is 3.81. The minimum atomic E-state index is -1.13. The van der Waals surface area contributed by atoms with E-state index in [-0.39, 0.29) is 5.78 Å². The number of nitrogens with one attached hydrogen (secondary N) is 2. The molecule has 1 unspecified atom stereocenters. The zero-order chi connectivity index (χ0) is 9.14. The van der Waals surface area contributed by atoms with E-state index in [1.54, 1.807) is 0 Å². The average molecular weight is 171 g/mol. The first kappa shape index (κ1) is 9.02. The van der Waals surface area contributed by atoms with E-state index in [1.807, 2.05) is 18.9 Å². The summed E-state index contributed by atoms with van der Waals surface area (Å²) in [5.41, 5.74) is 5.16. The Balaban J connectivity index is 2.68. The fourth-order valence-corrected chi connectivity index (χ4v) is 0.839. The summed E-state index contributed by atoms with van der Waals surface area (Å²) < 4.78 is 0. The van der Waals surface area contributed by atoms with Crippen molar-refractivity contribution in [2.75, 3.05) is 13.6 Å². The van der Waals surface area contributed by atoms with Crippen LogP contribution >= 0.6 is 0 Å². The summed E-state index contributed by atoms with van der Waals surface area (Å²) in [7, 11) is 1.85. The van der Waals surface area contributed by atoms with Gasteiger partial charge in [0.15, 0.2) is 6.23 Å². The summed E-state index contributed by atoms with van der Waals surface area (Å²) in [6.07, 6.45) is 0.254. The molecule has 1 aliphatic heterocycles. The lowest BCUT2D eigenvalue weighted by Crippen LogP contribution is -2.51. The molecule has 5 nitrogen and oxygen atoms in total. The number of hydrogen-bond acceptors (Lipinski definition) is 5. The molecule has 0 aromatic carbocycles.